The molecular formula is C28H55NO3. The van der Waals surface area contributed by atoms with E-state index in [2.05, 4.69) is 19.2 Å². The smallest absolute Gasteiger partial charge is 0.307 e. The Morgan fingerprint density at radius 2 is 1.09 bits per heavy atom. The molecule has 0 aliphatic rings. The van der Waals surface area contributed by atoms with Crippen LogP contribution in [-0.2, 0) is 9.59 Å². The quantitative estimate of drug-likeness (QED) is 0.153. The molecule has 1 amide bonds. The molecule has 0 aliphatic heterocycles. The standard InChI is InChI=1S/C28H55NO3/c1-5-8-9-10-11-12-13-14-15-16-17-18-19-20-21-22-23-25(6-2)26(28(31)32)24(4)27(30)29-7-3/h24-26H,5-23H2,1-4H3,(H,29,30)(H,31,32). The first-order chi connectivity index (χ1) is 15.5. The van der Waals surface area contributed by atoms with E-state index in [1.165, 1.54) is 96.3 Å². The van der Waals surface area contributed by atoms with E-state index >= 15 is 0 Å². The second-order valence-corrected chi connectivity index (χ2v) is 9.81. The van der Waals surface area contributed by atoms with E-state index in [4.69, 9.17) is 0 Å². The number of carboxylic acid groups (broad SMARTS) is 1. The largest absolute Gasteiger partial charge is 0.481 e. The lowest BCUT2D eigenvalue weighted by molar-refractivity contribution is -0.149. The maximum atomic E-state index is 12.2. The topological polar surface area (TPSA) is 66.4 Å². The molecule has 0 spiro atoms. The molecule has 0 rings (SSSR count). The average molecular weight is 454 g/mol. The number of nitrogens with one attached hydrogen (secondary N) is 1. The van der Waals surface area contributed by atoms with Gasteiger partial charge in [-0.1, -0.05) is 130 Å². The fourth-order valence-electron chi connectivity index (χ4n) is 4.91. The molecule has 0 aromatic carbocycles. The van der Waals surface area contributed by atoms with E-state index in [9.17, 15) is 14.7 Å². The van der Waals surface area contributed by atoms with Crippen molar-refractivity contribution in [2.24, 2.45) is 17.8 Å². The van der Waals surface area contributed by atoms with Crippen molar-refractivity contribution in [3.63, 3.8) is 0 Å². The maximum absolute atomic E-state index is 12.2. The fraction of sp³-hybridized carbons (Fsp3) is 0.929. The van der Waals surface area contributed by atoms with Crippen LogP contribution in [0.4, 0.5) is 0 Å². The molecule has 2 N–H and O–H groups in total. The fourth-order valence-corrected chi connectivity index (χ4v) is 4.91. The lowest BCUT2D eigenvalue weighted by atomic mass is 9.78. The minimum atomic E-state index is -0.827. The molecule has 3 atom stereocenters. The summed E-state index contributed by atoms with van der Waals surface area (Å²) >= 11 is 0. The molecule has 0 heterocycles. The lowest BCUT2D eigenvalue weighted by Gasteiger charge is -2.27. The van der Waals surface area contributed by atoms with Crippen molar-refractivity contribution in [1.82, 2.24) is 5.32 Å². The number of amides is 1. The van der Waals surface area contributed by atoms with Crippen molar-refractivity contribution in [3.8, 4) is 0 Å². The Bertz CT molecular complexity index is 452. The Balaban J connectivity index is 3.78. The average Bonchev–Trinajstić information content (AvgIpc) is 2.77. The van der Waals surface area contributed by atoms with Crippen LogP contribution >= 0.6 is 0 Å². The van der Waals surface area contributed by atoms with Crippen LogP contribution in [0.3, 0.4) is 0 Å². The predicted molar refractivity (Wildman–Crippen MR) is 137 cm³/mol. The van der Waals surface area contributed by atoms with E-state index in [0.29, 0.717) is 6.54 Å². The lowest BCUT2D eigenvalue weighted by Crippen LogP contribution is -2.39. The molecule has 32 heavy (non-hydrogen) atoms. The number of hydrogen-bond acceptors (Lipinski definition) is 2. The molecular weight excluding hydrogens is 398 g/mol. The Morgan fingerprint density at radius 1 is 0.688 bits per heavy atom. The van der Waals surface area contributed by atoms with Gasteiger partial charge in [-0.05, 0) is 19.3 Å². The zero-order chi connectivity index (χ0) is 24.0. The van der Waals surface area contributed by atoms with E-state index in [-0.39, 0.29) is 11.8 Å². The van der Waals surface area contributed by atoms with Gasteiger partial charge in [0.05, 0.1) is 5.92 Å². The van der Waals surface area contributed by atoms with Gasteiger partial charge >= 0.3 is 5.97 Å². The van der Waals surface area contributed by atoms with Crippen molar-refractivity contribution < 1.29 is 14.7 Å². The summed E-state index contributed by atoms with van der Waals surface area (Å²) in [5, 5.41) is 12.5. The Hall–Kier alpha value is -1.06. The molecule has 0 fully saturated rings. The van der Waals surface area contributed by atoms with Crippen LogP contribution in [0.25, 0.3) is 0 Å². The van der Waals surface area contributed by atoms with Gasteiger partial charge in [0.15, 0.2) is 0 Å². The Morgan fingerprint density at radius 3 is 1.44 bits per heavy atom. The normalized spacial score (nSPS) is 14.1. The molecule has 4 nitrogen and oxygen atoms in total. The van der Waals surface area contributed by atoms with Crippen molar-refractivity contribution in [2.75, 3.05) is 6.54 Å². The predicted octanol–water partition coefficient (Wildman–Crippen LogP) is 8.14. The highest BCUT2D eigenvalue weighted by atomic mass is 16.4. The molecule has 0 aromatic heterocycles. The molecule has 4 heteroatoms. The SMILES string of the molecule is CCCCCCCCCCCCCCCCCCC(CC)C(C(=O)O)C(C)C(=O)NCC. The van der Waals surface area contributed by atoms with Crippen molar-refractivity contribution in [3.05, 3.63) is 0 Å². The number of carbonyl (C=O) groups excluding carboxylic acids is 1. The molecule has 0 radical (unpaired) electrons. The van der Waals surface area contributed by atoms with Crippen molar-refractivity contribution in [2.45, 2.75) is 143 Å². The highest BCUT2D eigenvalue weighted by molar-refractivity contribution is 5.84. The second-order valence-electron chi connectivity index (χ2n) is 9.81. The highest BCUT2D eigenvalue weighted by Crippen LogP contribution is 2.29. The van der Waals surface area contributed by atoms with Gasteiger partial charge in [0.25, 0.3) is 0 Å². The first-order valence-electron chi connectivity index (χ1n) is 14.0. The van der Waals surface area contributed by atoms with Crippen LogP contribution in [0.1, 0.15) is 143 Å². The van der Waals surface area contributed by atoms with Gasteiger partial charge in [-0.15, -0.1) is 0 Å². The molecule has 0 saturated carbocycles. The molecule has 0 aromatic rings. The minimum Gasteiger partial charge on any atom is -0.481 e. The number of carboxylic acids is 1. The van der Waals surface area contributed by atoms with Gasteiger partial charge in [0.1, 0.15) is 0 Å². The van der Waals surface area contributed by atoms with E-state index in [0.717, 1.165) is 19.3 Å². The van der Waals surface area contributed by atoms with Gasteiger partial charge in [-0.2, -0.15) is 0 Å². The summed E-state index contributed by atoms with van der Waals surface area (Å²) in [5.74, 6) is -1.93. The minimum absolute atomic E-state index is 0.0803. The summed E-state index contributed by atoms with van der Waals surface area (Å²) in [6.07, 6.45) is 23.3. The van der Waals surface area contributed by atoms with Crippen LogP contribution in [0.5, 0.6) is 0 Å². The van der Waals surface area contributed by atoms with Crippen LogP contribution in [0.15, 0.2) is 0 Å². The molecule has 190 valence electrons. The van der Waals surface area contributed by atoms with E-state index in [1.54, 1.807) is 6.92 Å². The third-order valence-electron chi connectivity index (χ3n) is 7.05. The summed E-state index contributed by atoms with van der Waals surface area (Å²) in [7, 11) is 0. The summed E-state index contributed by atoms with van der Waals surface area (Å²) < 4.78 is 0. The summed E-state index contributed by atoms with van der Waals surface area (Å²) in [5.41, 5.74) is 0. The molecule has 0 aliphatic carbocycles. The van der Waals surface area contributed by atoms with Gasteiger partial charge in [0, 0.05) is 12.5 Å². The van der Waals surface area contributed by atoms with Crippen molar-refractivity contribution in [1.29, 1.82) is 0 Å². The van der Waals surface area contributed by atoms with Gasteiger partial charge in [-0.3, -0.25) is 9.59 Å². The number of hydrogen-bond donors (Lipinski definition) is 2. The monoisotopic (exact) mass is 453 g/mol. The number of carbonyl (C=O) groups is 2. The first-order valence-corrected chi connectivity index (χ1v) is 14.0. The van der Waals surface area contributed by atoms with Crippen LogP contribution in [0.2, 0.25) is 0 Å². The first kappa shape index (κ1) is 30.9. The Labute approximate surface area is 199 Å². The van der Waals surface area contributed by atoms with E-state index in [1.807, 2.05) is 6.92 Å². The summed E-state index contributed by atoms with van der Waals surface area (Å²) in [4.78, 5) is 24.0. The summed E-state index contributed by atoms with van der Waals surface area (Å²) in [6.45, 7) is 8.51. The number of rotatable bonds is 23. The number of unbranched alkanes of at least 4 members (excludes halogenated alkanes) is 15. The maximum Gasteiger partial charge on any atom is 0.307 e. The zero-order valence-electron chi connectivity index (χ0n) is 21.9. The third kappa shape index (κ3) is 15.7. The zero-order valence-corrected chi connectivity index (χ0v) is 21.9. The van der Waals surface area contributed by atoms with Gasteiger partial charge < -0.3 is 10.4 Å². The highest BCUT2D eigenvalue weighted by Gasteiger charge is 2.35. The third-order valence-corrected chi connectivity index (χ3v) is 7.05. The van der Waals surface area contributed by atoms with Crippen molar-refractivity contribution >= 4 is 11.9 Å². The molecule has 3 unspecified atom stereocenters. The Kier molecular flexibility index (Phi) is 21.0. The van der Waals surface area contributed by atoms with Crippen LogP contribution in [0, 0.1) is 17.8 Å². The van der Waals surface area contributed by atoms with Crippen LogP contribution < -0.4 is 5.32 Å². The van der Waals surface area contributed by atoms with Gasteiger partial charge in [-0.25, -0.2) is 0 Å². The van der Waals surface area contributed by atoms with Gasteiger partial charge in [0.2, 0.25) is 5.91 Å². The second kappa shape index (κ2) is 21.8. The molecule has 0 bridgehead atoms. The summed E-state index contributed by atoms with van der Waals surface area (Å²) in [6, 6.07) is 0. The van der Waals surface area contributed by atoms with E-state index < -0.39 is 17.8 Å². The molecule has 0 saturated heterocycles. The number of aliphatic carboxylic acids is 1. The van der Waals surface area contributed by atoms with Crippen LogP contribution in [-0.4, -0.2) is 23.5 Å².